The molecule has 3 aliphatic heterocycles. The Morgan fingerprint density at radius 3 is 2.79 bits per heavy atom. The number of ether oxygens (including phenoxy) is 1. The monoisotopic (exact) mass is 451 g/mol. The predicted molar refractivity (Wildman–Crippen MR) is 121 cm³/mol. The minimum atomic E-state index is -0.0597. The SMILES string of the molecule is CN1CC[C@H](NC(=O)CN2CCN(c3nncc(-c4ccc5c(c4)COC5)n3)CC2)CC1=O. The normalized spacial score (nSPS) is 21.2. The zero-order valence-corrected chi connectivity index (χ0v) is 18.9. The summed E-state index contributed by atoms with van der Waals surface area (Å²) in [4.78, 5) is 35.0. The van der Waals surface area contributed by atoms with E-state index in [1.165, 1.54) is 11.1 Å². The number of amides is 2. The number of piperazine rings is 1. The lowest BCUT2D eigenvalue weighted by Crippen LogP contribution is -2.52. The average molecular weight is 452 g/mol. The molecule has 1 aromatic carbocycles. The molecule has 0 spiro atoms. The highest BCUT2D eigenvalue weighted by Crippen LogP contribution is 2.26. The molecule has 0 aliphatic carbocycles. The van der Waals surface area contributed by atoms with E-state index < -0.39 is 0 Å². The number of piperidine rings is 1. The van der Waals surface area contributed by atoms with Gasteiger partial charge in [0.05, 0.1) is 31.6 Å². The Bertz CT molecular complexity index is 1040. The van der Waals surface area contributed by atoms with Crippen molar-refractivity contribution in [2.45, 2.75) is 32.1 Å². The molecule has 0 bridgehead atoms. The van der Waals surface area contributed by atoms with E-state index in [0.29, 0.717) is 38.7 Å². The van der Waals surface area contributed by atoms with Crippen molar-refractivity contribution in [1.82, 2.24) is 30.3 Å². The maximum absolute atomic E-state index is 12.5. The zero-order valence-electron chi connectivity index (χ0n) is 18.9. The molecule has 4 heterocycles. The smallest absolute Gasteiger partial charge is 0.245 e. The molecule has 10 heteroatoms. The summed E-state index contributed by atoms with van der Waals surface area (Å²) in [5.41, 5.74) is 4.23. The minimum Gasteiger partial charge on any atom is -0.372 e. The van der Waals surface area contributed by atoms with Crippen LogP contribution < -0.4 is 10.2 Å². The van der Waals surface area contributed by atoms with Crippen molar-refractivity contribution in [3.05, 3.63) is 35.5 Å². The Morgan fingerprint density at radius 2 is 1.97 bits per heavy atom. The van der Waals surface area contributed by atoms with Crippen LogP contribution in [0.1, 0.15) is 24.0 Å². The van der Waals surface area contributed by atoms with E-state index in [1.54, 1.807) is 18.1 Å². The number of carbonyl (C=O) groups excluding carboxylic acids is 2. The molecule has 5 rings (SSSR count). The molecule has 1 N–H and O–H groups in total. The molecule has 174 valence electrons. The molecule has 0 saturated carbocycles. The number of carbonyl (C=O) groups is 2. The largest absolute Gasteiger partial charge is 0.372 e. The lowest BCUT2D eigenvalue weighted by atomic mass is 10.0. The van der Waals surface area contributed by atoms with E-state index in [9.17, 15) is 9.59 Å². The quantitative estimate of drug-likeness (QED) is 0.698. The second-order valence-electron chi connectivity index (χ2n) is 8.95. The third-order valence-corrected chi connectivity index (χ3v) is 6.61. The van der Waals surface area contributed by atoms with Gasteiger partial charge >= 0.3 is 0 Å². The Hall–Kier alpha value is -3.11. The van der Waals surface area contributed by atoms with E-state index in [4.69, 9.17) is 9.72 Å². The fourth-order valence-electron chi connectivity index (χ4n) is 4.55. The highest BCUT2D eigenvalue weighted by atomic mass is 16.5. The highest BCUT2D eigenvalue weighted by molar-refractivity contribution is 5.81. The average Bonchev–Trinajstić information content (AvgIpc) is 3.30. The summed E-state index contributed by atoms with van der Waals surface area (Å²) in [6, 6.07) is 6.20. The number of rotatable bonds is 5. The molecule has 0 unspecified atom stereocenters. The molecular weight excluding hydrogens is 422 g/mol. The Balaban J connectivity index is 1.14. The summed E-state index contributed by atoms with van der Waals surface area (Å²) in [7, 11) is 1.80. The Kier molecular flexibility index (Phi) is 6.19. The first kappa shape index (κ1) is 21.7. The Morgan fingerprint density at radius 1 is 1.15 bits per heavy atom. The van der Waals surface area contributed by atoms with Crippen LogP contribution in [0.5, 0.6) is 0 Å². The van der Waals surface area contributed by atoms with E-state index in [-0.39, 0.29) is 17.9 Å². The fraction of sp³-hybridized carbons (Fsp3) is 0.522. The van der Waals surface area contributed by atoms with Crippen LogP contribution in [0.25, 0.3) is 11.3 Å². The van der Waals surface area contributed by atoms with E-state index >= 15 is 0 Å². The highest BCUT2D eigenvalue weighted by Gasteiger charge is 2.26. The van der Waals surface area contributed by atoms with Gasteiger partial charge in [-0.05, 0) is 23.6 Å². The van der Waals surface area contributed by atoms with Crippen LogP contribution in [-0.2, 0) is 27.5 Å². The van der Waals surface area contributed by atoms with Crippen LogP contribution in [0.3, 0.4) is 0 Å². The van der Waals surface area contributed by atoms with Gasteiger partial charge in [-0.2, -0.15) is 5.10 Å². The number of anilines is 1. The van der Waals surface area contributed by atoms with Crippen LogP contribution in [0.15, 0.2) is 24.4 Å². The van der Waals surface area contributed by atoms with Gasteiger partial charge in [0.15, 0.2) is 0 Å². The van der Waals surface area contributed by atoms with Crippen molar-refractivity contribution in [2.24, 2.45) is 0 Å². The molecular formula is C23H29N7O3. The molecule has 2 saturated heterocycles. The van der Waals surface area contributed by atoms with Gasteiger partial charge in [-0.3, -0.25) is 14.5 Å². The van der Waals surface area contributed by atoms with Crippen LogP contribution in [0, 0.1) is 0 Å². The fourth-order valence-corrected chi connectivity index (χ4v) is 4.55. The number of hydrogen-bond acceptors (Lipinski definition) is 8. The first-order chi connectivity index (χ1) is 16.0. The van der Waals surface area contributed by atoms with Crippen molar-refractivity contribution in [2.75, 3.05) is 51.2 Å². The van der Waals surface area contributed by atoms with Crippen molar-refractivity contribution in [3.63, 3.8) is 0 Å². The number of benzene rings is 1. The summed E-state index contributed by atoms with van der Waals surface area (Å²) in [5, 5.41) is 11.4. The number of fused-ring (bicyclic) bond motifs is 1. The second-order valence-corrected chi connectivity index (χ2v) is 8.95. The van der Waals surface area contributed by atoms with Crippen LogP contribution in [0.2, 0.25) is 0 Å². The number of hydrogen-bond donors (Lipinski definition) is 1. The third kappa shape index (κ3) is 4.96. The van der Waals surface area contributed by atoms with Crippen LogP contribution in [-0.4, -0.2) is 89.2 Å². The maximum Gasteiger partial charge on any atom is 0.245 e. The molecule has 1 atom stereocenters. The first-order valence-corrected chi connectivity index (χ1v) is 11.5. The van der Waals surface area contributed by atoms with Gasteiger partial charge in [-0.15, -0.1) is 5.10 Å². The number of likely N-dealkylation sites (tertiary alicyclic amines) is 1. The van der Waals surface area contributed by atoms with Gasteiger partial charge in [-0.25, -0.2) is 4.98 Å². The zero-order chi connectivity index (χ0) is 22.8. The van der Waals surface area contributed by atoms with E-state index in [0.717, 1.165) is 43.9 Å². The van der Waals surface area contributed by atoms with Crippen LogP contribution in [0.4, 0.5) is 5.95 Å². The van der Waals surface area contributed by atoms with Crippen LogP contribution >= 0.6 is 0 Å². The summed E-state index contributed by atoms with van der Waals surface area (Å²) in [6.45, 7) is 5.26. The van der Waals surface area contributed by atoms with Crippen molar-refractivity contribution >= 4 is 17.8 Å². The minimum absolute atomic E-state index is 0.0219. The van der Waals surface area contributed by atoms with E-state index in [1.807, 2.05) is 0 Å². The third-order valence-electron chi connectivity index (χ3n) is 6.61. The summed E-state index contributed by atoms with van der Waals surface area (Å²) in [6.07, 6.45) is 2.88. The standard InChI is InChI=1S/C23H29N7O3/c1-28-5-4-19(11-22(28)32)25-21(31)13-29-6-8-30(9-7-29)23-26-20(12-24-27-23)16-2-3-17-14-33-15-18(17)10-16/h2-3,10,12,19H,4-9,11,13-15H2,1H3,(H,25,31)/t19-/m0/s1. The van der Waals surface area contributed by atoms with Gasteiger partial charge in [0.25, 0.3) is 0 Å². The lowest BCUT2D eigenvalue weighted by Gasteiger charge is -2.35. The number of aromatic nitrogens is 3. The molecule has 33 heavy (non-hydrogen) atoms. The summed E-state index contributed by atoms with van der Waals surface area (Å²) in [5.74, 6) is 0.675. The van der Waals surface area contributed by atoms with Gasteiger partial charge < -0.3 is 19.9 Å². The van der Waals surface area contributed by atoms with Gasteiger partial charge in [0.2, 0.25) is 17.8 Å². The lowest BCUT2D eigenvalue weighted by molar-refractivity contribution is -0.133. The van der Waals surface area contributed by atoms with Crippen molar-refractivity contribution < 1.29 is 14.3 Å². The number of nitrogens with zero attached hydrogens (tertiary/aromatic N) is 6. The molecule has 0 radical (unpaired) electrons. The number of nitrogens with one attached hydrogen (secondary N) is 1. The topological polar surface area (TPSA) is 104 Å². The summed E-state index contributed by atoms with van der Waals surface area (Å²) < 4.78 is 5.51. The maximum atomic E-state index is 12.5. The Labute approximate surface area is 192 Å². The van der Waals surface area contributed by atoms with Crippen molar-refractivity contribution in [1.29, 1.82) is 0 Å². The molecule has 3 aliphatic rings. The van der Waals surface area contributed by atoms with Crippen molar-refractivity contribution in [3.8, 4) is 11.3 Å². The molecule has 2 fully saturated rings. The first-order valence-electron chi connectivity index (χ1n) is 11.5. The predicted octanol–water partition coefficient (Wildman–Crippen LogP) is 0.428. The van der Waals surface area contributed by atoms with Gasteiger partial charge in [0, 0.05) is 57.8 Å². The molecule has 2 aromatic rings. The molecule has 2 amide bonds. The summed E-state index contributed by atoms with van der Waals surface area (Å²) >= 11 is 0. The molecule has 1 aromatic heterocycles. The van der Waals surface area contributed by atoms with E-state index in [2.05, 4.69) is 43.5 Å². The van der Waals surface area contributed by atoms with Gasteiger partial charge in [-0.1, -0.05) is 12.1 Å². The molecule has 10 nitrogen and oxygen atoms in total. The second kappa shape index (κ2) is 9.40. The van der Waals surface area contributed by atoms with Gasteiger partial charge in [0.1, 0.15) is 0 Å².